The Morgan fingerprint density at radius 2 is 1.96 bits per heavy atom. The van der Waals surface area contributed by atoms with E-state index in [1.165, 1.54) is 0 Å². The van der Waals surface area contributed by atoms with Gasteiger partial charge in [-0.05, 0) is 44.2 Å². The summed E-state index contributed by atoms with van der Waals surface area (Å²) < 4.78 is 11.0. The van der Waals surface area contributed by atoms with Gasteiger partial charge in [0.1, 0.15) is 11.3 Å². The molecule has 152 valence electrons. The quantitative estimate of drug-likeness (QED) is 0.759. The minimum atomic E-state index is -0.511. The number of ether oxygens (including phenoxy) is 2. The first-order valence-corrected chi connectivity index (χ1v) is 10.3. The largest absolute Gasteiger partial charge is 0.462 e. The molecule has 2 aliphatic heterocycles. The highest BCUT2D eigenvalue weighted by molar-refractivity contribution is 5.93. The molecular formula is C22H30N2O4. The van der Waals surface area contributed by atoms with Crippen LogP contribution in [0.25, 0.3) is 0 Å². The molecule has 0 bridgehead atoms. The van der Waals surface area contributed by atoms with Gasteiger partial charge < -0.3 is 20.1 Å². The van der Waals surface area contributed by atoms with Crippen LogP contribution in [0.3, 0.4) is 0 Å². The number of aryl methyl sites for hydroxylation is 1. The van der Waals surface area contributed by atoms with Crippen LogP contribution in [0.1, 0.15) is 63.0 Å². The van der Waals surface area contributed by atoms with E-state index >= 15 is 0 Å². The zero-order valence-corrected chi connectivity index (χ0v) is 16.8. The third kappa shape index (κ3) is 4.32. The topological polar surface area (TPSA) is 81.9 Å². The molecule has 1 fully saturated rings. The molecule has 2 heterocycles. The molecule has 0 saturated carbocycles. The summed E-state index contributed by atoms with van der Waals surface area (Å²) in [5.74, 6) is -0.266. The zero-order chi connectivity index (χ0) is 20.1. The maximum absolute atomic E-state index is 13.0. The van der Waals surface area contributed by atoms with Crippen molar-refractivity contribution in [1.29, 1.82) is 0 Å². The molecular weight excluding hydrogens is 356 g/mol. The summed E-state index contributed by atoms with van der Waals surface area (Å²) >= 11 is 0. The molecule has 1 unspecified atom stereocenters. The van der Waals surface area contributed by atoms with Gasteiger partial charge in [-0.1, -0.05) is 25.5 Å². The van der Waals surface area contributed by atoms with Gasteiger partial charge in [-0.2, -0.15) is 0 Å². The summed E-state index contributed by atoms with van der Waals surface area (Å²) in [6, 6.07) is 5.93. The Kier molecular flexibility index (Phi) is 6.60. The molecule has 1 saturated heterocycles. The van der Waals surface area contributed by atoms with Crippen LogP contribution in [0.2, 0.25) is 0 Å². The van der Waals surface area contributed by atoms with E-state index < -0.39 is 11.9 Å². The van der Waals surface area contributed by atoms with Crippen molar-refractivity contribution < 1.29 is 19.1 Å². The van der Waals surface area contributed by atoms with Gasteiger partial charge in [0.25, 0.3) is 0 Å². The maximum atomic E-state index is 13.0. The molecule has 1 amide bonds. The number of benzene rings is 1. The highest BCUT2D eigenvalue weighted by atomic mass is 16.5. The third-order valence-corrected chi connectivity index (χ3v) is 5.40. The number of likely N-dealkylation sites (tertiary alicyclic amines) is 1. The summed E-state index contributed by atoms with van der Waals surface area (Å²) in [6.45, 7) is 5.66. The molecule has 0 aromatic heterocycles. The molecule has 1 atom stereocenters. The van der Waals surface area contributed by atoms with E-state index in [1.807, 2.05) is 23.1 Å². The van der Waals surface area contributed by atoms with Crippen LogP contribution in [0, 0.1) is 0 Å². The number of carbonyl (C=O) groups is 2. The lowest BCUT2D eigenvalue weighted by Gasteiger charge is -2.31. The van der Waals surface area contributed by atoms with Crippen LogP contribution in [-0.2, 0) is 20.7 Å². The third-order valence-electron chi connectivity index (χ3n) is 5.40. The predicted molar refractivity (Wildman–Crippen MR) is 107 cm³/mol. The predicted octanol–water partition coefficient (Wildman–Crippen LogP) is 3.25. The van der Waals surface area contributed by atoms with Crippen molar-refractivity contribution in [2.24, 2.45) is 5.73 Å². The van der Waals surface area contributed by atoms with E-state index in [9.17, 15) is 9.59 Å². The average molecular weight is 386 g/mol. The Hall–Kier alpha value is -2.50. The van der Waals surface area contributed by atoms with Crippen molar-refractivity contribution >= 4 is 11.9 Å². The molecule has 6 heteroatoms. The number of nitrogens with zero attached hydrogens (tertiary/aromatic N) is 1. The van der Waals surface area contributed by atoms with Crippen molar-refractivity contribution in [3.63, 3.8) is 0 Å². The first-order valence-electron chi connectivity index (χ1n) is 10.3. The van der Waals surface area contributed by atoms with E-state index in [1.54, 1.807) is 6.92 Å². The van der Waals surface area contributed by atoms with E-state index in [-0.39, 0.29) is 30.4 Å². The molecule has 3 rings (SSSR count). The first kappa shape index (κ1) is 20.2. The van der Waals surface area contributed by atoms with Gasteiger partial charge in [-0.25, -0.2) is 4.79 Å². The monoisotopic (exact) mass is 386 g/mol. The van der Waals surface area contributed by atoms with Crippen molar-refractivity contribution in [1.82, 2.24) is 4.90 Å². The second kappa shape index (κ2) is 9.13. The number of nitrogens with two attached hydrogens (primary N) is 1. The molecule has 28 heavy (non-hydrogen) atoms. The Labute approximate surface area is 166 Å². The minimum absolute atomic E-state index is 0.0330. The Bertz CT molecular complexity index is 766. The maximum Gasteiger partial charge on any atom is 0.340 e. The van der Waals surface area contributed by atoms with Gasteiger partial charge in [0.2, 0.25) is 11.8 Å². The van der Waals surface area contributed by atoms with Gasteiger partial charge in [-0.15, -0.1) is 0 Å². The van der Waals surface area contributed by atoms with Gasteiger partial charge in [0.15, 0.2) is 0 Å². The lowest BCUT2D eigenvalue weighted by atomic mass is 9.84. The summed E-state index contributed by atoms with van der Waals surface area (Å²) in [7, 11) is 0. The standard InChI is InChI=1S/C22H30N2O4/c1-3-8-15-9-10-18-16(13-15)17(14-19(25)24-11-6-5-7-12-24)20(21(23)28-18)22(26)27-4-2/h9-10,13,17H,3-8,11-12,14,23H2,1-2H3. The van der Waals surface area contributed by atoms with Crippen molar-refractivity contribution in [3.8, 4) is 5.75 Å². The number of amides is 1. The number of carbonyl (C=O) groups excluding carboxylic acids is 2. The smallest absolute Gasteiger partial charge is 0.340 e. The molecule has 0 radical (unpaired) electrons. The van der Waals surface area contributed by atoms with Crippen molar-refractivity contribution in [3.05, 3.63) is 40.8 Å². The fourth-order valence-electron chi connectivity index (χ4n) is 4.02. The molecule has 1 aromatic carbocycles. The number of piperidine rings is 1. The van der Waals surface area contributed by atoms with Gasteiger partial charge >= 0.3 is 5.97 Å². The van der Waals surface area contributed by atoms with Crippen LogP contribution < -0.4 is 10.5 Å². The van der Waals surface area contributed by atoms with Crippen LogP contribution >= 0.6 is 0 Å². The highest BCUT2D eigenvalue weighted by Crippen LogP contribution is 2.41. The van der Waals surface area contributed by atoms with Gasteiger partial charge in [0, 0.05) is 31.0 Å². The number of hydrogen-bond acceptors (Lipinski definition) is 5. The van der Waals surface area contributed by atoms with Crippen LogP contribution in [0.5, 0.6) is 5.75 Å². The molecule has 0 aliphatic carbocycles. The molecule has 2 N–H and O–H groups in total. The number of rotatable bonds is 6. The van der Waals surface area contributed by atoms with E-state index in [0.29, 0.717) is 5.75 Å². The number of esters is 1. The van der Waals surface area contributed by atoms with E-state index in [0.717, 1.165) is 56.3 Å². The normalized spacial score (nSPS) is 19.1. The lowest BCUT2D eigenvalue weighted by molar-refractivity contribution is -0.139. The minimum Gasteiger partial charge on any atom is -0.462 e. The molecule has 1 aromatic rings. The second-order valence-electron chi connectivity index (χ2n) is 7.42. The Balaban J connectivity index is 1.95. The SMILES string of the molecule is CCCc1ccc2c(c1)C(CC(=O)N1CCCCC1)C(C(=O)OCC)=C(N)O2. The van der Waals surface area contributed by atoms with E-state index in [4.69, 9.17) is 15.2 Å². The lowest BCUT2D eigenvalue weighted by Crippen LogP contribution is -2.37. The summed E-state index contributed by atoms with van der Waals surface area (Å²) in [6.07, 6.45) is 5.35. The zero-order valence-electron chi connectivity index (χ0n) is 16.8. The number of hydrogen-bond donors (Lipinski definition) is 1. The summed E-state index contributed by atoms with van der Waals surface area (Å²) in [5.41, 5.74) is 8.35. The van der Waals surface area contributed by atoms with E-state index in [2.05, 4.69) is 6.92 Å². The summed E-state index contributed by atoms with van der Waals surface area (Å²) in [4.78, 5) is 27.5. The van der Waals surface area contributed by atoms with Crippen LogP contribution in [0.4, 0.5) is 0 Å². The molecule has 0 spiro atoms. The van der Waals surface area contributed by atoms with Gasteiger partial charge in [-0.3, -0.25) is 4.79 Å². The molecule has 2 aliphatic rings. The second-order valence-corrected chi connectivity index (χ2v) is 7.42. The van der Waals surface area contributed by atoms with Crippen LogP contribution in [0.15, 0.2) is 29.7 Å². The van der Waals surface area contributed by atoms with Gasteiger partial charge in [0.05, 0.1) is 6.61 Å². The highest BCUT2D eigenvalue weighted by Gasteiger charge is 2.36. The number of fused-ring (bicyclic) bond motifs is 1. The first-order chi connectivity index (χ1) is 13.5. The average Bonchev–Trinajstić information content (AvgIpc) is 2.69. The van der Waals surface area contributed by atoms with Crippen molar-refractivity contribution in [2.75, 3.05) is 19.7 Å². The fraction of sp³-hybridized carbons (Fsp3) is 0.545. The Morgan fingerprint density at radius 3 is 2.64 bits per heavy atom. The fourth-order valence-corrected chi connectivity index (χ4v) is 4.02. The van der Waals surface area contributed by atoms with Crippen molar-refractivity contribution in [2.45, 2.75) is 58.3 Å². The Morgan fingerprint density at radius 1 is 1.21 bits per heavy atom. The molecule has 6 nitrogen and oxygen atoms in total. The summed E-state index contributed by atoms with van der Waals surface area (Å²) in [5, 5.41) is 0. The van der Waals surface area contributed by atoms with Crippen LogP contribution in [-0.4, -0.2) is 36.5 Å².